The minimum atomic E-state index is -1.49. The Balaban J connectivity index is 2.77. The van der Waals surface area contributed by atoms with E-state index in [9.17, 15) is 9.59 Å². The van der Waals surface area contributed by atoms with Crippen molar-refractivity contribution in [3.63, 3.8) is 0 Å². The van der Waals surface area contributed by atoms with Crippen LogP contribution in [0.3, 0.4) is 0 Å². The Bertz CT molecular complexity index is 660. The molecule has 0 unspecified atom stereocenters. The highest BCUT2D eigenvalue weighted by atomic mass is 35.5. The van der Waals surface area contributed by atoms with Gasteiger partial charge in [0.1, 0.15) is 5.75 Å². The van der Waals surface area contributed by atoms with E-state index < -0.39 is 11.8 Å². The molecule has 1 heterocycles. The second-order valence-electron chi connectivity index (χ2n) is 3.79. The predicted molar refractivity (Wildman–Crippen MR) is 66.4 cm³/mol. The quantitative estimate of drug-likeness (QED) is 0.683. The zero-order chi connectivity index (χ0) is 13.4. The van der Waals surface area contributed by atoms with Gasteiger partial charge in [0.25, 0.3) is 5.78 Å². The van der Waals surface area contributed by atoms with E-state index in [1.165, 1.54) is 13.3 Å². The van der Waals surface area contributed by atoms with Crippen molar-refractivity contribution in [2.24, 2.45) is 7.05 Å². The molecule has 5 nitrogen and oxygen atoms in total. The Morgan fingerprint density at radius 2 is 2.06 bits per heavy atom. The number of carboxylic acids is 1. The Kier molecular flexibility index (Phi) is 3.00. The lowest BCUT2D eigenvalue weighted by molar-refractivity contribution is -0.131. The summed E-state index contributed by atoms with van der Waals surface area (Å²) >= 11 is 5.99. The van der Waals surface area contributed by atoms with Gasteiger partial charge in [-0.25, -0.2) is 4.79 Å². The lowest BCUT2D eigenvalue weighted by atomic mass is 10.1. The maximum Gasteiger partial charge on any atom is 0.377 e. The first-order chi connectivity index (χ1) is 8.45. The van der Waals surface area contributed by atoms with Gasteiger partial charge >= 0.3 is 5.97 Å². The van der Waals surface area contributed by atoms with Gasteiger partial charge in [0, 0.05) is 18.6 Å². The minimum Gasteiger partial charge on any atom is -0.495 e. The van der Waals surface area contributed by atoms with E-state index in [4.69, 9.17) is 21.4 Å². The van der Waals surface area contributed by atoms with Gasteiger partial charge in [0.2, 0.25) is 0 Å². The van der Waals surface area contributed by atoms with Crippen LogP contribution in [-0.2, 0) is 11.8 Å². The van der Waals surface area contributed by atoms with Gasteiger partial charge in [-0.05, 0) is 12.1 Å². The number of carbonyl (C=O) groups is 2. The van der Waals surface area contributed by atoms with E-state index in [1.54, 1.807) is 23.7 Å². The van der Waals surface area contributed by atoms with Crippen LogP contribution < -0.4 is 4.74 Å². The number of ether oxygens (including phenoxy) is 1. The van der Waals surface area contributed by atoms with Crippen molar-refractivity contribution < 1.29 is 19.4 Å². The van der Waals surface area contributed by atoms with E-state index in [1.807, 2.05) is 0 Å². The topological polar surface area (TPSA) is 68.5 Å². The highest BCUT2D eigenvalue weighted by Crippen LogP contribution is 2.32. The van der Waals surface area contributed by atoms with Gasteiger partial charge < -0.3 is 14.4 Å². The van der Waals surface area contributed by atoms with Crippen molar-refractivity contribution in [3.8, 4) is 5.75 Å². The molecular weight excluding hydrogens is 258 g/mol. The van der Waals surface area contributed by atoms with Crippen LogP contribution in [0, 0.1) is 0 Å². The van der Waals surface area contributed by atoms with Crippen molar-refractivity contribution in [2.75, 3.05) is 7.11 Å². The molecule has 0 atom stereocenters. The van der Waals surface area contributed by atoms with Crippen LogP contribution in [-0.4, -0.2) is 28.5 Å². The lowest BCUT2D eigenvalue weighted by Crippen LogP contribution is -2.12. The molecule has 0 aliphatic heterocycles. The summed E-state index contributed by atoms with van der Waals surface area (Å²) in [5.41, 5.74) is 0.792. The first-order valence-corrected chi connectivity index (χ1v) is 5.43. The maximum atomic E-state index is 11.6. The van der Waals surface area contributed by atoms with Crippen molar-refractivity contribution in [1.29, 1.82) is 0 Å². The van der Waals surface area contributed by atoms with E-state index in [2.05, 4.69) is 0 Å². The number of fused-ring (bicyclic) bond motifs is 1. The predicted octanol–water partition coefficient (Wildman–Crippen LogP) is 2.11. The monoisotopic (exact) mass is 267 g/mol. The summed E-state index contributed by atoms with van der Waals surface area (Å²) < 4.78 is 6.71. The first-order valence-electron chi connectivity index (χ1n) is 5.06. The van der Waals surface area contributed by atoms with Gasteiger partial charge in [0.15, 0.2) is 0 Å². The van der Waals surface area contributed by atoms with Crippen LogP contribution in [0.5, 0.6) is 5.75 Å². The van der Waals surface area contributed by atoms with Crippen LogP contribution in [0.15, 0.2) is 18.3 Å². The second-order valence-corrected chi connectivity index (χ2v) is 4.20. The number of rotatable bonds is 3. The molecule has 0 saturated carbocycles. The molecular formula is C12H10ClNO4. The average molecular weight is 268 g/mol. The summed E-state index contributed by atoms with van der Waals surface area (Å²) in [6.07, 6.45) is 1.47. The third kappa shape index (κ3) is 1.82. The molecule has 18 heavy (non-hydrogen) atoms. The molecule has 2 rings (SSSR count). The maximum absolute atomic E-state index is 11.6. The fraction of sp³-hybridized carbons (Fsp3) is 0.167. The fourth-order valence-corrected chi connectivity index (χ4v) is 2.07. The molecule has 0 fully saturated rings. The number of hydrogen-bond acceptors (Lipinski definition) is 3. The van der Waals surface area contributed by atoms with Crippen molar-refractivity contribution in [1.82, 2.24) is 4.57 Å². The van der Waals surface area contributed by atoms with Gasteiger partial charge in [-0.15, -0.1) is 0 Å². The number of aryl methyl sites for hydroxylation is 1. The summed E-state index contributed by atoms with van der Waals surface area (Å²) in [7, 11) is 3.17. The first kappa shape index (κ1) is 12.4. The molecule has 0 amide bonds. The van der Waals surface area contributed by atoms with E-state index >= 15 is 0 Å². The summed E-state index contributed by atoms with van der Waals surface area (Å²) in [5.74, 6) is -2.05. The SMILES string of the molecule is COc1cc2c(C(=O)C(=O)O)cn(C)c2cc1Cl. The molecule has 0 saturated heterocycles. The summed E-state index contributed by atoms with van der Waals surface area (Å²) in [5, 5.41) is 9.68. The molecule has 0 aliphatic carbocycles. The van der Waals surface area contributed by atoms with Crippen LogP contribution in [0.1, 0.15) is 10.4 Å². The fourth-order valence-electron chi connectivity index (χ4n) is 1.84. The second kappa shape index (κ2) is 4.34. The van der Waals surface area contributed by atoms with Gasteiger partial charge in [0.05, 0.1) is 23.2 Å². The molecule has 1 N–H and O–H groups in total. The number of Topliss-reactive ketones (excluding diaryl/α,β-unsaturated/α-hetero) is 1. The van der Waals surface area contributed by atoms with Crippen molar-refractivity contribution in [3.05, 3.63) is 28.9 Å². The lowest BCUT2D eigenvalue weighted by Gasteiger charge is -2.04. The molecule has 0 aliphatic rings. The molecule has 0 spiro atoms. The number of aromatic nitrogens is 1. The van der Waals surface area contributed by atoms with Crippen LogP contribution in [0.4, 0.5) is 0 Å². The highest BCUT2D eigenvalue weighted by Gasteiger charge is 2.21. The molecule has 0 bridgehead atoms. The summed E-state index contributed by atoms with van der Waals surface area (Å²) in [6.45, 7) is 0. The Labute approximate surface area is 108 Å². The number of nitrogens with zero attached hydrogens (tertiary/aromatic N) is 1. The van der Waals surface area contributed by atoms with E-state index in [0.717, 1.165) is 0 Å². The molecule has 0 radical (unpaired) electrons. The number of aliphatic carboxylic acids is 1. The zero-order valence-electron chi connectivity index (χ0n) is 9.73. The molecule has 1 aromatic heterocycles. The van der Waals surface area contributed by atoms with Gasteiger partial charge in [-0.2, -0.15) is 0 Å². The number of halogens is 1. The normalized spacial score (nSPS) is 10.6. The average Bonchev–Trinajstić information content (AvgIpc) is 2.64. The smallest absolute Gasteiger partial charge is 0.377 e. The molecule has 1 aromatic carbocycles. The largest absolute Gasteiger partial charge is 0.495 e. The number of hydrogen-bond donors (Lipinski definition) is 1. The third-order valence-corrected chi connectivity index (χ3v) is 3.00. The highest BCUT2D eigenvalue weighted by molar-refractivity contribution is 6.42. The van der Waals surface area contributed by atoms with Gasteiger partial charge in [-0.1, -0.05) is 11.6 Å². The Morgan fingerprint density at radius 1 is 1.39 bits per heavy atom. The standard InChI is InChI=1S/C12H10ClNO4/c1-14-5-7(11(15)12(16)17)6-3-10(18-2)8(13)4-9(6)14/h3-5H,1-2H3,(H,16,17). The van der Waals surface area contributed by atoms with E-state index in [-0.39, 0.29) is 5.56 Å². The zero-order valence-corrected chi connectivity index (χ0v) is 10.5. The molecule has 94 valence electrons. The number of ketones is 1. The molecule has 6 heteroatoms. The van der Waals surface area contributed by atoms with Crippen LogP contribution >= 0.6 is 11.6 Å². The number of methoxy groups -OCH3 is 1. The van der Waals surface area contributed by atoms with E-state index in [0.29, 0.717) is 21.7 Å². The number of benzene rings is 1. The Morgan fingerprint density at radius 3 is 2.61 bits per heavy atom. The van der Waals surface area contributed by atoms with Crippen molar-refractivity contribution >= 4 is 34.3 Å². The van der Waals surface area contributed by atoms with Crippen LogP contribution in [0.25, 0.3) is 10.9 Å². The Hall–Kier alpha value is -2.01. The summed E-state index contributed by atoms with van der Waals surface area (Å²) in [6, 6.07) is 3.20. The molecule has 2 aromatic rings. The third-order valence-electron chi connectivity index (χ3n) is 2.70. The number of carboxylic acid groups (broad SMARTS) is 1. The van der Waals surface area contributed by atoms with Gasteiger partial charge in [-0.3, -0.25) is 4.79 Å². The minimum absolute atomic E-state index is 0.120. The summed E-state index contributed by atoms with van der Waals surface area (Å²) in [4.78, 5) is 22.3. The van der Waals surface area contributed by atoms with Crippen molar-refractivity contribution in [2.45, 2.75) is 0 Å². The number of carbonyl (C=O) groups excluding carboxylic acids is 1. The van der Waals surface area contributed by atoms with Crippen LogP contribution in [0.2, 0.25) is 5.02 Å².